The van der Waals surface area contributed by atoms with Crippen molar-refractivity contribution in [1.29, 1.82) is 0 Å². The third kappa shape index (κ3) is 1.80. The molecule has 1 aromatic carbocycles. The summed E-state index contributed by atoms with van der Waals surface area (Å²) in [5, 5.41) is 0. The van der Waals surface area contributed by atoms with Crippen LogP contribution < -0.4 is 4.90 Å². The van der Waals surface area contributed by atoms with Gasteiger partial charge in [0.05, 0.1) is 18.4 Å². The summed E-state index contributed by atoms with van der Waals surface area (Å²) in [7, 11) is 1.27. The summed E-state index contributed by atoms with van der Waals surface area (Å²) < 4.78 is 18.7. The van der Waals surface area contributed by atoms with Crippen LogP contribution in [0, 0.1) is 5.82 Å². The number of methoxy groups -OCH3 is 1. The van der Waals surface area contributed by atoms with E-state index in [0.29, 0.717) is 15.7 Å². The summed E-state index contributed by atoms with van der Waals surface area (Å²) in [4.78, 5) is 16.6. The van der Waals surface area contributed by atoms with Crippen molar-refractivity contribution < 1.29 is 13.9 Å². The molecule has 0 aromatic heterocycles. The Hall–Kier alpha value is -1.43. The molecule has 1 aliphatic heterocycles. The van der Waals surface area contributed by atoms with Crippen LogP contribution in [-0.2, 0) is 4.74 Å². The van der Waals surface area contributed by atoms with Gasteiger partial charge in [-0.2, -0.15) is 0 Å². The van der Waals surface area contributed by atoms with Crippen molar-refractivity contribution in [2.45, 2.75) is 0 Å². The molecule has 0 spiro atoms. The Morgan fingerprint density at radius 2 is 2.38 bits per heavy atom. The van der Waals surface area contributed by atoms with Gasteiger partial charge in [0, 0.05) is 10.7 Å². The lowest BCUT2D eigenvalue weighted by molar-refractivity contribution is 0.179. The monoisotopic (exact) mass is 286 g/mol. The number of rotatable bonds is 0. The van der Waals surface area contributed by atoms with Crippen molar-refractivity contribution >= 4 is 33.9 Å². The standard InChI is InChI=1S/C10H8BrFN2O2/c1-16-10(15)14-5-13-4-7-8(12)2-6(11)3-9(7)14/h2-4H,5H2,1H3. The van der Waals surface area contributed by atoms with Crippen LogP contribution >= 0.6 is 15.9 Å². The second-order valence-electron chi connectivity index (χ2n) is 3.17. The van der Waals surface area contributed by atoms with E-state index in [1.807, 2.05) is 0 Å². The molecule has 0 N–H and O–H groups in total. The number of carbonyl (C=O) groups is 1. The zero-order chi connectivity index (χ0) is 11.7. The highest BCUT2D eigenvalue weighted by atomic mass is 79.9. The SMILES string of the molecule is COC(=O)N1CN=Cc2c(F)cc(Br)cc21. The Balaban J connectivity index is 2.54. The molecule has 84 valence electrons. The van der Waals surface area contributed by atoms with E-state index in [9.17, 15) is 9.18 Å². The van der Waals surface area contributed by atoms with Gasteiger partial charge in [-0.1, -0.05) is 15.9 Å². The van der Waals surface area contributed by atoms with Gasteiger partial charge in [-0.25, -0.2) is 9.18 Å². The number of amides is 1. The molecule has 16 heavy (non-hydrogen) atoms. The first kappa shape index (κ1) is 11.1. The highest BCUT2D eigenvalue weighted by Gasteiger charge is 2.23. The molecule has 0 fully saturated rings. The molecule has 1 aromatic rings. The van der Waals surface area contributed by atoms with Crippen LogP contribution in [0.15, 0.2) is 21.6 Å². The molecule has 1 aliphatic rings. The predicted octanol–water partition coefficient (Wildman–Crippen LogP) is 2.55. The number of ether oxygens (including phenoxy) is 1. The van der Waals surface area contributed by atoms with Crippen LogP contribution in [-0.4, -0.2) is 26.1 Å². The van der Waals surface area contributed by atoms with Crippen molar-refractivity contribution in [1.82, 2.24) is 0 Å². The summed E-state index contributed by atoms with van der Waals surface area (Å²) in [6.45, 7) is 0.134. The largest absolute Gasteiger partial charge is 0.452 e. The predicted molar refractivity (Wildman–Crippen MR) is 61.4 cm³/mol. The number of aliphatic imine (C=N–C) groups is 1. The number of fused-ring (bicyclic) bond motifs is 1. The van der Waals surface area contributed by atoms with Gasteiger partial charge in [-0.05, 0) is 12.1 Å². The average molecular weight is 287 g/mol. The molecule has 0 aliphatic carbocycles. The maximum atomic E-state index is 13.6. The molecule has 0 unspecified atom stereocenters. The average Bonchev–Trinajstić information content (AvgIpc) is 2.27. The quantitative estimate of drug-likeness (QED) is 0.736. The van der Waals surface area contributed by atoms with E-state index in [4.69, 9.17) is 0 Å². The van der Waals surface area contributed by atoms with E-state index in [1.54, 1.807) is 6.07 Å². The number of halogens is 2. The smallest absolute Gasteiger partial charge is 0.415 e. The highest BCUT2D eigenvalue weighted by Crippen LogP contribution is 2.29. The maximum absolute atomic E-state index is 13.6. The summed E-state index contributed by atoms with van der Waals surface area (Å²) in [6, 6.07) is 2.98. The number of hydrogen-bond donors (Lipinski definition) is 0. The van der Waals surface area contributed by atoms with Crippen LogP contribution in [0.4, 0.5) is 14.9 Å². The molecule has 6 heteroatoms. The van der Waals surface area contributed by atoms with Crippen LogP contribution in [0.1, 0.15) is 5.56 Å². The molecule has 4 nitrogen and oxygen atoms in total. The van der Waals surface area contributed by atoms with Crippen molar-refractivity contribution in [2.75, 3.05) is 18.7 Å². The number of nitrogens with zero attached hydrogens (tertiary/aromatic N) is 2. The number of carbonyl (C=O) groups excluding carboxylic acids is 1. The van der Waals surface area contributed by atoms with Gasteiger partial charge in [-0.3, -0.25) is 9.89 Å². The van der Waals surface area contributed by atoms with Gasteiger partial charge in [0.15, 0.2) is 0 Å². The van der Waals surface area contributed by atoms with Gasteiger partial charge in [0.1, 0.15) is 12.5 Å². The minimum Gasteiger partial charge on any atom is -0.452 e. The lowest BCUT2D eigenvalue weighted by Gasteiger charge is -2.24. The summed E-state index contributed by atoms with van der Waals surface area (Å²) >= 11 is 3.18. The molecular formula is C10H8BrFN2O2. The normalized spacial score (nSPS) is 13.6. The van der Waals surface area contributed by atoms with Crippen molar-refractivity contribution in [3.05, 3.63) is 28.0 Å². The summed E-state index contributed by atoms with van der Waals surface area (Å²) in [5.41, 5.74) is 0.744. The molecular weight excluding hydrogens is 279 g/mol. The lowest BCUT2D eigenvalue weighted by atomic mass is 10.1. The molecule has 1 heterocycles. The minimum absolute atomic E-state index is 0.134. The van der Waals surface area contributed by atoms with Crippen LogP contribution in [0.3, 0.4) is 0 Å². The second-order valence-corrected chi connectivity index (χ2v) is 4.09. The van der Waals surface area contributed by atoms with E-state index in [2.05, 4.69) is 25.7 Å². The van der Waals surface area contributed by atoms with Crippen LogP contribution in [0.2, 0.25) is 0 Å². The number of benzene rings is 1. The van der Waals surface area contributed by atoms with Crippen molar-refractivity contribution in [2.24, 2.45) is 4.99 Å². The Morgan fingerprint density at radius 3 is 3.06 bits per heavy atom. The number of anilines is 1. The first-order chi connectivity index (χ1) is 7.63. The van der Waals surface area contributed by atoms with E-state index in [1.165, 1.54) is 24.3 Å². The van der Waals surface area contributed by atoms with Crippen LogP contribution in [0.25, 0.3) is 0 Å². The zero-order valence-corrected chi connectivity index (χ0v) is 9.99. The number of hydrogen-bond acceptors (Lipinski definition) is 3. The fourth-order valence-corrected chi connectivity index (χ4v) is 1.90. The Morgan fingerprint density at radius 1 is 1.62 bits per heavy atom. The molecule has 2 rings (SSSR count). The van der Waals surface area contributed by atoms with Crippen molar-refractivity contribution in [3.63, 3.8) is 0 Å². The Bertz CT molecular complexity index is 476. The zero-order valence-electron chi connectivity index (χ0n) is 8.41. The van der Waals surface area contributed by atoms with E-state index in [-0.39, 0.29) is 6.67 Å². The summed E-state index contributed by atoms with van der Waals surface area (Å²) in [5.74, 6) is -0.429. The first-order valence-electron chi connectivity index (χ1n) is 4.48. The topological polar surface area (TPSA) is 41.9 Å². The molecule has 0 radical (unpaired) electrons. The molecule has 0 saturated heterocycles. The lowest BCUT2D eigenvalue weighted by Crippen LogP contribution is -2.34. The highest BCUT2D eigenvalue weighted by molar-refractivity contribution is 9.10. The van der Waals surface area contributed by atoms with Gasteiger partial charge in [0.25, 0.3) is 0 Å². The second kappa shape index (κ2) is 4.21. The van der Waals surface area contributed by atoms with Crippen molar-refractivity contribution in [3.8, 4) is 0 Å². The van der Waals surface area contributed by atoms with Crippen LogP contribution in [0.5, 0.6) is 0 Å². The Labute approximate surface area is 99.8 Å². The van der Waals surface area contributed by atoms with Gasteiger partial charge in [-0.15, -0.1) is 0 Å². The molecule has 0 atom stereocenters. The molecule has 0 bridgehead atoms. The van der Waals surface area contributed by atoms with E-state index in [0.717, 1.165) is 0 Å². The fraction of sp³-hybridized carbons (Fsp3) is 0.200. The van der Waals surface area contributed by atoms with Gasteiger partial charge in [0.2, 0.25) is 0 Å². The molecule has 1 amide bonds. The third-order valence-electron chi connectivity index (χ3n) is 2.20. The third-order valence-corrected chi connectivity index (χ3v) is 2.66. The van der Waals surface area contributed by atoms with E-state index < -0.39 is 11.9 Å². The van der Waals surface area contributed by atoms with Gasteiger partial charge >= 0.3 is 6.09 Å². The fourth-order valence-electron chi connectivity index (χ4n) is 1.48. The summed E-state index contributed by atoms with van der Waals surface area (Å²) in [6.07, 6.45) is 0.854. The van der Waals surface area contributed by atoms with E-state index >= 15 is 0 Å². The Kier molecular flexibility index (Phi) is 2.91. The first-order valence-corrected chi connectivity index (χ1v) is 5.27. The maximum Gasteiger partial charge on any atom is 0.415 e. The van der Waals surface area contributed by atoms with Gasteiger partial charge < -0.3 is 4.74 Å². The minimum atomic E-state index is -0.560. The molecule has 0 saturated carbocycles.